The second-order valence-electron chi connectivity index (χ2n) is 5.33. The zero-order valence-electron chi connectivity index (χ0n) is 10.7. The molecule has 1 unspecified atom stereocenters. The topological polar surface area (TPSA) is 29.9 Å². The maximum atomic E-state index is 4.21. The van der Waals surface area contributed by atoms with E-state index in [0.717, 1.165) is 13.0 Å². The van der Waals surface area contributed by atoms with Gasteiger partial charge in [0, 0.05) is 19.3 Å². The highest BCUT2D eigenvalue weighted by Crippen LogP contribution is 2.49. The summed E-state index contributed by atoms with van der Waals surface area (Å²) in [6.45, 7) is 5.68. The molecule has 1 aromatic heterocycles. The van der Waals surface area contributed by atoms with E-state index in [-0.39, 0.29) is 0 Å². The summed E-state index contributed by atoms with van der Waals surface area (Å²) in [4.78, 5) is 0. The third kappa shape index (κ3) is 2.64. The van der Waals surface area contributed by atoms with Crippen LogP contribution in [0.25, 0.3) is 0 Å². The second kappa shape index (κ2) is 4.58. The average molecular weight is 221 g/mol. The van der Waals surface area contributed by atoms with Crippen LogP contribution in [0.1, 0.15) is 38.7 Å². The lowest BCUT2D eigenvalue weighted by atomic mass is 9.93. The van der Waals surface area contributed by atoms with Crippen molar-refractivity contribution in [1.82, 2.24) is 15.1 Å². The van der Waals surface area contributed by atoms with E-state index in [9.17, 15) is 0 Å². The van der Waals surface area contributed by atoms with Gasteiger partial charge >= 0.3 is 0 Å². The van der Waals surface area contributed by atoms with Gasteiger partial charge in [-0.25, -0.2) is 0 Å². The minimum atomic E-state index is 0.568. The zero-order valence-corrected chi connectivity index (χ0v) is 10.7. The van der Waals surface area contributed by atoms with Gasteiger partial charge in [0.05, 0.1) is 6.20 Å². The summed E-state index contributed by atoms with van der Waals surface area (Å²) in [5.74, 6) is 0. The van der Waals surface area contributed by atoms with Crippen molar-refractivity contribution in [2.45, 2.75) is 45.6 Å². The molecule has 3 heteroatoms. The Bertz CT molecular complexity index is 339. The molecule has 1 atom stereocenters. The highest BCUT2D eigenvalue weighted by molar-refractivity contribution is 5.06. The highest BCUT2D eigenvalue weighted by atomic mass is 15.2. The number of hydrogen-bond acceptors (Lipinski definition) is 2. The van der Waals surface area contributed by atoms with E-state index in [4.69, 9.17) is 0 Å². The third-order valence-corrected chi connectivity index (χ3v) is 3.81. The molecule has 3 nitrogen and oxygen atoms in total. The maximum absolute atomic E-state index is 4.21. The minimum Gasteiger partial charge on any atom is -0.314 e. The molecule has 1 aliphatic carbocycles. The van der Waals surface area contributed by atoms with Crippen molar-refractivity contribution >= 4 is 0 Å². The molecule has 1 aliphatic rings. The Labute approximate surface area is 98.2 Å². The fourth-order valence-electron chi connectivity index (χ4n) is 2.40. The lowest BCUT2D eigenvalue weighted by Crippen LogP contribution is -2.36. The predicted octanol–water partition coefficient (Wildman–Crippen LogP) is 2.13. The quantitative estimate of drug-likeness (QED) is 0.797. The van der Waals surface area contributed by atoms with E-state index in [2.05, 4.69) is 30.5 Å². The van der Waals surface area contributed by atoms with Crippen molar-refractivity contribution in [3.8, 4) is 0 Å². The molecule has 1 heterocycles. The minimum absolute atomic E-state index is 0.568. The molecule has 0 radical (unpaired) electrons. The molecular weight excluding hydrogens is 198 g/mol. The standard InChI is InChI=1S/C13H23N3/c1-4-14-12(13(2)7-8-13)6-5-11-9-15-16(3)10-11/h9-10,12,14H,4-8H2,1-3H3. The van der Waals surface area contributed by atoms with Crippen LogP contribution in [0.2, 0.25) is 0 Å². The molecule has 1 saturated carbocycles. The molecule has 90 valence electrons. The Morgan fingerprint density at radius 3 is 2.81 bits per heavy atom. The largest absolute Gasteiger partial charge is 0.314 e. The van der Waals surface area contributed by atoms with Crippen LogP contribution < -0.4 is 5.32 Å². The fraction of sp³-hybridized carbons (Fsp3) is 0.769. The Morgan fingerprint density at radius 1 is 1.56 bits per heavy atom. The van der Waals surface area contributed by atoms with E-state index >= 15 is 0 Å². The van der Waals surface area contributed by atoms with Gasteiger partial charge in [-0.3, -0.25) is 4.68 Å². The SMILES string of the molecule is CCNC(CCc1cnn(C)c1)C1(C)CC1. The van der Waals surface area contributed by atoms with E-state index in [1.807, 2.05) is 17.9 Å². The molecule has 0 aromatic carbocycles. The molecule has 2 rings (SSSR count). The van der Waals surface area contributed by atoms with E-state index in [1.54, 1.807) is 0 Å². The summed E-state index contributed by atoms with van der Waals surface area (Å²) in [5.41, 5.74) is 1.92. The van der Waals surface area contributed by atoms with Gasteiger partial charge in [0.1, 0.15) is 0 Å². The van der Waals surface area contributed by atoms with Crippen molar-refractivity contribution in [3.05, 3.63) is 18.0 Å². The van der Waals surface area contributed by atoms with Gasteiger partial charge in [0.2, 0.25) is 0 Å². The smallest absolute Gasteiger partial charge is 0.0521 e. The zero-order chi connectivity index (χ0) is 11.6. The number of aryl methyl sites for hydroxylation is 2. The number of nitrogens with zero attached hydrogens (tertiary/aromatic N) is 2. The lowest BCUT2D eigenvalue weighted by Gasteiger charge is -2.24. The lowest BCUT2D eigenvalue weighted by molar-refractivity contribution is 0.343. The van der Waals surface area contributed by atoms with Crippen molar-refractivity contribution in [1.29, 1.82) is 0 Å². The van der Waals surface area contributed by atoms with Gasteiger partial charge in [-0.05, 0) is 43.2 Å². The van der Waals surface area contributed by atoms with Crippen LogP contribution in [0.5, 0.6) is 0 Å². The maximum Gasteiger partial charge on any atom is 0.0521 e. The molecule has 0 saturated heterocycles. The normalized spacial score (nSPS) is 19.7. The molecule has 1 fully saturated rings. The van der Waals surface area contributed by atoms with Crippen LogP contribution in [-0.4, -0.2) is 22.4 Å². The van der Waals surface area contributed by atoms with Crippen LogP contribution >= 0.6 is 0 Å². The van der Waals surface area contributed by atoms with Crippen molar-refractivity contribution in [3.63, 3.8) is 0 Å². The van der Waals surface area contributed by atoms with Crippen LogP contribution in [0, 0.1) is 5.41 Å². The third-order valence-electron chi connectivity index (χ3n) is 3.81. The summed E-state index contributed by atoms with van der Waals surface area (Å²) in [6.07, 6.45) is 9.25. The van der Waals surface area contributed by atoms with E-state index < -0.39 is 0 Å². The Hall–Kier alpha value is -0.830. The molecule has 0 bridgehead atoms. The van der Waals surface area contributed by atoms with E-state index in [1.165, 1.54) is 24.8 Å². The second-order valence-corrected chi connectivity index (χ2v) is 5.33. The molecule has 1 aromatic rings. The molecule has 1 N–H and O–H groups in total. The van der Waals surface area contributed by atoms with E-state index in [0.29, 0.717) is 11.5 Å². The summed E-state index contributed by atoms with van der Waals surface area (Å²) >= 11 is 0. The first-order valence-electron chi connectivity index (χ1n) is 6.35. The van der Waals surface area contributed by atoms with Gasteiger partial charge < -0.3 is 5.32 Å². The Balaban J connectivity index is 1.86. The number of aromatic nitrogens is 2. The summed E-state index contributed by atoms with van der Waals surface area (Å²) < 4.78 is 1.89. The molecule has 0 spiro atoms. The van der Waals surface area contributed by atoms with Gasteiger partial charge in [-0.1, -0.05) is 13.8 Å². The van der Waals surface area contributed by atoms with Gasteiger partial charge in [-0.15, -0.1) is 0 Å². The monoisotopic (exact) mass is 221 g/mol. The van der Waals surface area contributed by atoms with Crippen molar-refractivity contribution in [2.24, 2.45) is 12.5 Å². The molecule has 0 amide bonds. The van der Waals surface area contributed by atoms with Crippen LogP contribution in [0.4, 0.5) is 0 Å². The summed E-state index contributed by atoms with van der Waals surface area (Å²) in [6, 6.07) is 0.678. The predicted molar refractivity (Wildman–Crippen MR) is 66.3 cm³/mol. The van der Waals surface area contributed by atoms with Crippen LogP contribution in [0.15, 0.2) is 12.4 Å². The highest BCUT2D eigenvalue weighted by Gasteiger charge is 2.43. The Morgan fingerprint density at radius 2 is 2.31 bits per heavy atom. The fourth-order valence-corrected chi connectivity index (χ4v) is 2.40. The van der Waals surface area contributed by atoms with Crippen LogP contribution in [0.3, 0.4) is 0 Å². The van der Waals surface area contributed by atoms with Crippen LogP contribution in [-0.2, 0) is 13.5 Å². The first-order chi connectivity index (χ1) is 7.64. The first-order valence-corrected chi connectivity index (χ1v) is 6.35. The summed E-state index contributed by atoms with van der Waals surface area (Å²) in [5, 5.41) is 7.85. The molecule has 16 heavy (non-hydrogen) atoms. The molecular formula is C13H23N3. The van der Waals surface area contributed by atoms with Crippen molar-refractivity contribution < 1.29 is 0 Å². The number of hydrogen-bond donors (Lipinski definition) is 1. The summed E-state index contributed by atoms with van der Waals surface area (Å²) in [7, 11) is 1.98. The average Bonchev–Trinajstić information content (AvgIpc) is 2.86. The van der Waals surface area contributed by atoms with Gasteiger partial charge in [0.15, 0.2) is 0 Å². The number of rotatable bonds is 6. The van der Waals surface area contributed by atoms with Gasteiger partial charge in [0.25, 0.3) is 0 Å². The van der Waals surface area contributed by atoms with Crippen molar-refractivity contribution in [2.75, 3.05) is 6.54 Å². The number of nitrogens with one attached hydrogen (secondary N) is 1. The molecule has 0 aliphatic heterocycles. The first kappa shape index (κ1) is 11.6. The van der Waals surface area contributed by atoms with Gasteiger partial charge in [-0.2, -0.15) is 5.10 Å². The Kier molecular flexibility index (Phi) is 3.33.